The summed E-state index contributed by atoms with van der Waals surface area (Å²) in [6.45, 7) is 3.99. The lowest BCUT2D eigenvalue weighted by atomic mass is 10.1. The number of aromatic nitrogens is 1. The minimum absolute atomic E-state index is 0.305. The number of alkyl halides is 3. The third-order valence-corrected chi connectivity index (χ3v) is 4.69. The molecule has 0 bridgehead atoms. The molecule has 0 unspecified atom stereocenters. The Morgan fingerprint density at radius 1 is 1.06 bits per heavy atom. The zero-order valence-electron chi connectivity index (χ0n) is 16.9. The molecule has 1 amide bonds. The molecule has 164 valence electrons. The first-order valence-corrected chi connectivity index (χ1v) is 9.45. The number of allylic oxidation sites excluding steroid dienone is 1. The Morgan fingerprint density at radius 3 is 2.50 bits per heavy atom. The molecule has 0 saturated heterocycles. The maximum Gasteiger partial charge on any atom is 0.573 e. The fourth-order valence-corrected chi connectivity index (χ4v) is 3.29. The van der Waals surface area contributed by atoms with Crippen molar-refractivity contribution in [3.63, 3.8) is 0 Å². The van der Waals surface area contributed by atoms with E-state index in [2.05, 4.69) is 21.6 Å². The third-order valence-electron chi connectivity index (χ3n) is 4.69. The number of H-pyrrole nitrogens is 1. The summed E-state index contributed by atoms with van der Waals surface area (Å²) in [6.07, 6.45) is -1.22. The largest absolute Gasteiger partial charge is 0.573 e. The first kappa shape index (κ1) is 21.1. The summed E-state index contributed by atoms with van der Waals surface area (Å²) >= 11 is 0. The Hall–Kier alpha value is -4.14. The van der Waals surface area contributed by atoms with Crippen LogP contribution in [-0.4, -0.2) is 24.4 Å². The number of anilines is 3. The second kappa shape index (κ2) is 8.18. The molecule has 2 heterocycles. The smallest absolute Gasteiger partial charge is 0.497 e. The summed E-state index contributed by atoms with van der Waals surface area (Å²) in [6, 6.07) is 14.0. The highest BCUT2D eigenvalue weighted by molar-refractivity contribution is 6.04. The van der Waals surface area contributed by atoms with Crippen molar-refractivity contribution in [1.82, 2.24) is 4.98 Å². The molecular formula is C23H18F3N3O3. The Labute approximate surface area is 181 Å². The summed E-state index contributed by atoms with van der Waals surface area (Å²) in [5, 5.41) is 2.80. The predicted molar refractivity (Wildman–Crippen MR) is 115 cm³/mol. The standard InChI is InChI=1S/C23H18F3N3O3/c1-14-6-7-15-12-20(22(30)27-16-4-3-5-19(13-16)31-2)28-21(15)29(14)17-8-10-18(11-9-17)32-23(24,25)26/h3-13,28H,1H2,2H3,(H,27,30). The highest BCUT2D eigenvalue weighted by atomic mass is 19.4. The van der Waals surface area contributed by atoms with E-state index in [0.29, 0.717) is 34.3 Å². The molecule has 32 heavy (non-hydrogen) atoms. The first-order chi connectivity index (χ1) is 15.2. The van der Waals surface area contributed by atoms with Gasteiger partial charge < -0.3 is 19.8 Å². The molecule has 1 aliphatic rings. The minimum Gasteiger partial charge on any atom is -0.497 e. The number of nitrogens with zero attached hydrogens (tertiary/aromatic N) is 1. The molecule has 0 saturated carbocycles. The molecule has 2 aromatic carbocycles. The monoisotopic (exact) mass is 441 g/mol. The van der Waals surface area contributed by atoms with Crippen LogP contribution in [-0.2, 0) is 0 Å². The van der Waals surface area contributed by atoms with Gasteiger partial charge in [0, 0.05) is 28.7 Å². The summed E-state index contributed by atoms with van der Waals surface area (Å²) in [4.78, 5) is 17.5. The van der Waals surface area contributed by atoms with Crippen molar-refractivity contribution in [3.8, 4) is 11.5 Å². The van der Waals surface area contributed by atoms with Crippen molar-refractivity contribution in [1.29, 1.82) is 0 Å². The van der Waals surface area contributed by atoms with Gasteiger partial charge in [0.1, 0.15) is 23.0 Å². The van der Waals surface area contributed by atoms with Gasteiger partial charge in [-0.15, -0.1) is 13.2 Å². The van der Waals surface area contributed by atoms with E-state index in [9.17, 15) is 18.0 Å². The Morgan fingerprint density at radius 2 is 1.81 bits per heavy atom. The van der Waals surface area contributed by atoms with E-state index in [0.717, 1.165) is 5.56 Å². The van der Waals surface area contributed by atoms with Gasteiger partial charge in [-0.05, 0) is 54.6 Å². The van der Waals surface area contributed by atoms with Crippen LogP contribution in [0.1, 0.15) is 16.1 Å². The maximum absolute atomic E-state index is 12.8. The number of fused-ring (bicyclic) bond motifs is 1. The Balaban J connectivity index is 1.59. The van der Waals surface area contributed by atoms with Crippen LogP contribution in [0.2, 0.25) is 0 Å². The van der Waals surface area contributed by atoms with Gasteiger partial charge in [0.05, 0.1) is 7.11 Å². The van der Waals surface area contributed by atoms with Crippen molar-refractivity contribution in [2.45, 2.75) is 6.36 Å². The molecule has 6 nitrogen and oxygen atoms in total. The summed E-state index contributed by atoms with van der Waals surface area (Å²) < 4.78 is 46.4. The van der Waals surface area contributed by atoms with Crippen LogP contribution in [0.5, 0.6) is 11.5 Å². The van der Waals surface area contributed by atoms with E-state index < -0.39 is 6.36 Å². The predicted octanol–water partition coefficient (Wildman–Crippen LogP) is 5.85. The fraction of sp³-hybridized carbons (Fsp3) is 0.0870. The highest BCUT2D eigenvalue weighted by Crippen LogP contribution is 2.37. The maximum atomic E-state index is 12.8. The Bertz CT molecular complexity index is 1200. The van der Waals surface area contributed by atoms with Crippen molar-refractivity contribution in [3.05, 3.63) is 84.2 Å². The second-order valence-corrected chi connectivity index (χ2v) is 6.87. The third kappa shape index (κ3) is 4.46. The van der Waals surface area contributed by atoms with E-state index in [1.54, 1.807) is 47.4 Å². The van der Waals surface area contributed by atoms with E-state index in [4.69, 9.17) is 4.74 Å². The average molecular weight is 441 g/mol. The normalized spacial score (nSPS) is 13.0. The number of methoxy groups -OCH3 is 1. The van der Waals surface area contributed by atoms with Crippen LogP contribution in [0.25, 0.3) is 6.08 Å². The van der Waals surface area contributed by atoms with Gasteiger partial charge in [-0.1, -0.05) is 12.6 Å². The van der Waals surface area contributed by atoms with Crippen LogP contribution in [0.15, 0.2) is 72.9 Å². The molecule has 0 radical (unpaired) electrons. The number of hydrogen-bond donors (Lipinski definition) is 2. The summed E-state index contributed by atoms with van der Waals surface area (Å²) in [5.41, 5.74) is 2.72. The zero-order chi connectivity index (χ0) is 22.9. The number of carbonyl (C=O) groups is 1. The molecular weight excluding hydrogens is 423 g/mol. The van der Waals surface area contributed by atoms with Crippen molar-refractivity contribution < 1.29 is 27.4 Å². The lowest BCUT2D eigenvalue weighted by Gasteiger charge is -2.27. The van der Waals surface area contributed by atoms with Gasteiger partial charge >= 0.3 is 6.36 Å². The highest BCUT2D eigenvalue weighted by Gasteiger charge is 2.31. The van der Waals surface area contributed by atoms with Gasteiger partial charge in [0.15, 0.2) is 0 Å². The molecule has 0 atom stereocenters. The van der Waals surface area contributed by atoms with Crippen molar-refractivity contribution >= 4 is 29.2 Å². The van der Waals surface area contributed by atoms with Gasteiger partial charge in [0.2, 0.25) is 0 Å². The molecule has 1 aliphatic heterocycles. The number of amides is 1. The number of benzene rings is 2. The SMILES string of the molecule is C=C1C=Cc2cc(C(=O)Nc3cccc(OC)c3)[nH]c2N1c1ccc(OC(F)(F)F)cc1. The lowest BCUT2D eigenvalue weighted by Crippen LogP contribution is -2.19. The average Bonchev–Trinajstić information content (AvgIpc) is 3.18. The van der Waals surface area contributed by atoms with Gasteiger partial charge in [-0.2, -0.15) is 0 Å². The van der Waals surface area contributed by atoms with Crippen molar-refractivity contribution in [2.24, 2.45) is 0 Å². The molecule has 3 aromatic rings. The fourth-order valence-electron chi connectivity index (χ4n) is 3.29. The lowest BCUT2D eigenvalue weighted by molar-refractivity contribution is -0.274. The van der Waals surface area contributed by atoms with Crippen LogP contribution in [0.4, 0.5) is 30.4 Å². The molecule has 4 rings (SSSR count). The molecule has 0 fully saturated rings. The quantitative estimate of drug-likeness (QED) is 0.521. The van der Waals surface area contributed by atoms with Crippen LogP contribution < -0.4 is 19.7 Å². The number of nitrogens with one attached hydrogen (secondary N) is 2. The van der Waals surface area contributed by atoms with Crippen LogP contribution in [0.3, 0.4) is 0 Å². The number of rotatable bonds is 5. The summed E-state index contributed by atoms with van der Waals surface area (Å²) in [7, 11) is 1.54. The van der Waals surface area contributed by atoms with E-state index in [-0.39, 0.29) is 11.7 Å². The summed E-state index contributed by atoms with van der Waals surface area (Å²) in [5.74, 6) is 0.486. The van der Waals surface area contributed by atoms with Crippen molar-refractivity contribution in [2.75, 3.05) is 17.3 Å². The number of hydrogen-bond acceptors (Lipinski definition) is 4. The van der Waals surface area contributed by atoms with E-state index >= 15 is 0 Å². The molecule has 1 aromatic heterocycles. The van der Waals surface area contributed by atoms with Gasteiger partial charge in [0.25, 0.3) is 5.91 Å². The number of carbonyl (C=O) groups excluding carboxylic acids is 1. The number of ether oxygens (including phenoxy) is 2. The molecule has 2 N–H and O–H groups in total. The molecule has 0 spiro atoms. The molecule has 0 aliphatic carbocycles. The minimum atomic E-state index is -4.77. The van der Waals surface area contributed by atoms with Gasteiger partial charge in [-0.25, -0.2) is 0 Å². The molecule has 9 heteroatoms. The van der Waals surface area contributed by atoms with Crippen LogP contribution >= 0.6 is 0 Å². The first-order valence-electron chi connectivity index (χ1n) is 9.45. The van der Waals surface area contributed by atoms with E-state index in [1.165, 1.54) is 31.4 Å². The number of halogens is 3. The zero-order valence-corrected chi connectivity index (χ0v) is 16.9. The van der Waals surface area contributed by atoms with E-state index in [1.807, 2.05) is 0 Å². The van der Waals surface area contributed by atoms with Gasteiger partial charge in [-0.3, -0.25) is 9.69 Å². The number of aromatic amines is 1. The topological polar surface area (TPSA) is 66.6 Å². The second-order valence-electron chi connectivity index (χ2n) is 6.87. The van der Waals surface area contributed by atoms with Crippen LogP contribution in [0, 0.1) is 0 Å². The Kier molecular flexibility index (Phi) is 5.40.